The minimum atomic E-state index is 0.503. The lowest BCUT2D eigenvalue weighted by Crippen LogP contribution is -2.06. The van der Waals surface area contributed by atoms with Gasteiger partial charge in [0.25, 0.3) is 0 Å². The highest BCUT2D eigenvalue weighted by atomic mass is 16.3. The summed E-state index contributed by atoms with van der Waals surface area (Å²) in [4.78, 5) is 16.0. The van der Waals surface area contributed by atoms with E-state index in [0.29, 0.717) is 17.6 Å². The Bertz CT molecular complexity index is 4280. The lowest BCUT2D eigenvalue weighted by molar-refractivity contribution is 0.673. The van der Waals surface area contributed by atoms with E-state index in [9.17, 15) is 0 Å². The summed E-state index contributed by atoms with van der Waals surface area (Å²) < 4.78 is 12.0. The van der Waals surface area contributed by atoms with Crippen molar-refractivity contribution in [3.05, 3.63) is 237 Å². The molecule has 0 aliphatic heterocycles. The number of hydrogen-bond donors (Lipinski definition) is 0. The minimum Gasteiger partial charge on any atom is -0.452 e. The Morgan fingerprint density at radius 2 is 0.696 bits per heavy atom. The zero-order chi connectivity index (χ0) is 45.4. The second kappa shape index (κ2) is 15.6. The third-order valence-electron chi connectivity index (χ3n) is 13.6. The van der Waals surface area contributed by atoms with Crippen LogP contribution in [0.25, 0.3) is 133 Å². The Morgan fingerprint density at radius 1 is 0.275 bits per heavy atom. The van der Waals surface area contributed by atoms with Crippen LogP contribution < -0.4 is 0 Å². The van der Waals surface area contributed by atoms with Crippen LogP contribution in [0.4, 0.5) is 0 Å². The predicted molar refractivity (Wildman–Crippen MR) is 283 cm³/mol. The van der Waals surface area contributed by atoms with Gasteiger partial charge in [-0.1, -0.05) is 194 Å². The number of para-hydroxylation sites is 2. The molecule has 0 spiro atoms. The smallest absolute Gasteiger partial charge is 0.238 e. The number of benzene rings is 10. The van der Waals surface area contributed by atoms with Gasteiger partial charge in [-0.3, -0.25) is 4.57 Å². The van der Waals surface area contributed by atoms with Crippen molar-refractivity contribution in [2.45, 2.75) is 0 Å². The summed E-state index contributed by atoms with van der Waals surface area (Å²) in [6, 6.07) is 83.2. The summed E-state index contributed by atoms with van der Waals surface area (Å²) in [6.45, 7) is 0. The Morgan fingerprint density at radius 3 is 1.30 bits per heavy atom. The Balaban J connectivity index is 1.03. The molecule has 0 saturated carbocycles. The second-order valence-corrected chi connectivity index (χ2v) is 17.6. The Labute approximate surface area is 396 Å². The third-order valence-corrected chi connectivity index (χ3v) is 13.6. The normalized spacial score (nSPS) is 11.8. The van der Waals surface area contributed by atoms with Gasteiger partial charge in [-0.15, -0.1) is 0 Å². The number of aromatic nitrogens is 5. The molecule has 6 nitrogen and oxygen atoms in total. The highest BCUT2D eigenvalue weighted by Crippen LogP contribution is 2.45. The summed E-state index contributed by atoms with van der Waals surface area (Å²) in [5.41, 5.74) is 15.2. The molecule has 4 heterocycles. The molecule has 322 valence electrons. The van der Waals surface area contributed by atoms with Crippen molar-refractivity contribution in [3.63, 3.8) is 0 Å². The van der Waals surface area contributed by atoms with E-state index in [1.54, 1.807) is 0 Å². The van der Waals surface area contributed by atoms with Gasteiger partial charge in [-0.25, -0.2) is 4.98 Å². The van der Waals surface area contributed by atoms with E-state index in [-0.39, 0.29) is 0 Å². The van der Waals surface area contributed by atoms with Crippen molar-refractivity contribution in [1.82, 2.24) is 24.1 Å². The average molecular weight is 882 g/mol. The van der Waals surface area contributed by atoms with Gasteiger partial charge in [0.05, 0.1) is 16.6 Å². The minimum absolute atomic E-state index is 0.503. The van der Waals surface area contributed by atoms with E-state index >= 15 is 0 Å². The fourth-order valence-corrected chi connectivity index (χ4v) is 10.4. The van der Waals surface area contributed by atoms with Gasteiger partial charge in [0.2, 0.25) is 5.95 Å². The summed E-state index contributed by atoms with van der Waals surface area (Å²) in [6.07, 6.45) is 0. The van der Waals surface area contributed by atoms with E-state index in [2.05, 4.69) is 234 Å². The maximum Gasteiger partial charge on any atom is 0.238 e. The first-order chi connectivity index (χ1) is 34.2. The standard InChI is InChI=1S/C63H39N5O/c1-4-16-40(17-5-1)43-30-32-44(33-31-43)61-64-62(47-24-14-22-45(38-47)41-18-6-2-7-19-41)66-63(65-61)68-56-29-13-11-27-50(56)52-35-37-54-53-36-34-51-49-26-10-12-28-55(49)67(57(51)59(53)69-60(54)58(52)68)48-25-15-23-46(39-48)42-20-8-3-9-21-42/h1-39H. The first-order valence-corrected chi connectivity index (χ1v) is 23.3. The van der Waals surface area contributed by atoms with Crippen LogP contribution in [-0.2, 0) is 0 Å². The van der Waals surface area contributed by atoms with E-state index in [1.165, 1.54) is 5.56 Å². The fraction of sp³-hybridized carbons (Fsp3) is 0. The molecule has 14 rings (SSSR count). The number of rotatable bonds is 7. The molecule has 0 radical (unpaired) electrons. The number of furan rings is 1. The van der Waals surface area contributed by atoms with Gasteiger partial charge in [0, 0.05) is 49.1 Å². The van der Waals surface area contributed by atoms with Crippen LogP contribution in [-0.4, -0.2) is 24.1 Å². The van der Waals surface area contributed by atoms with Crippen LogP contribution in [0.3, 0.4) is 0 Å². The van der Waals surface area contributed by atoms with E-state index in [1.807, 2.05) is 12.1 Å². The zero-order valence-corrected chi connectivity index (χ0v) is 37.2. The van der Waals surface area contributed by atoms with E-state index < -0.39 is 0 Å². The summed E-state index contributed by atoms with van der Waals surface area (Å²) in [5, 5.41) is 6.46. The molecule has 0 atom stereocenters. The highest BCUT2D eigenvalue weighted by Gasteiger charge is 2.25. The van der Waals surface area contributed by atoms with Crippen molar-refractivity contribution < 1.29 is 4.42 Å². The number of nitrogens with zero attached hydrogens (tertiary/aromatic N) is 5. The van der Waals surface area contributed by atoms with Gasteiger partial charge in [-0.05, 0) is 75.8 Å². The maximum atomic E-state index is 7.41. The zero-order valence-electron chi connectivity index (χ0n) is 37.2. The monoisotopic (exact) mass is 881 g/mol. The molecule has 0 bridgehead atoms. The summed E-state index contributed by atoms with van der Waals surface area (Å²) in [5.74, 6) is 1.65. The van der Waals surface area contributed by atoms with Crippen LogP contribution in [0.1, 0.15) is 0 Å². The molecule has 69 heavy (non-hydrogen) atoms. The van der Waals surface area contributed by atoms with Crippen LogP contribution >= 0.6 is 0 Å². The quantitative estimate of drug-likeness (QED) is 0.160. The first kappa shape index (κ1) is 38.8. The van der Waals surface area contributed by atoms with Gasteiger partial charge < -0.3 is 8.98 Å². The molecule has 0 fully saturated rings. The van der Waals surface area contributed by atoms with Crippen LogP contribution in [0.15, 0.2) is 241 Å². The van der Waals surface area contributed by atoms with E-state index in [4.69, 9.17) is 19.4 Å². The van der Waals surface area contributed by atoms with Crippen molar-refractivity contribution in [1.29, 1.82) is 0 Å². The lowest BCUT2D eigenvalue weighted by Gasteiger charge is -2.12. The SMILES string of the molecule is c1ccc(-c2ccc(-c3nc(-c4cccc(-c5ccccc5)c4)nc(-n4c5ccccc5c5ccc6c7ccc8c9ccccc9n(-c9cccc(-c%10ccccc%10)c9)c8c7oc6c54)n3)cc2)cc1. The first-order valence-electron chi connectivity index (χ1n) is 23.3. The summed E-state index contributed by atoms with van der Waals surface area (Å²) in [7, 11) is 0. The van der Waals surface area contributed by atoms with E-state index in [0.717, 1.165) is 110 Å². The molecule has 0 aliphatic carbocycles. The summed E-state index contributed by atoms with van der Waals surface area (Å²) >= 11 is 0. The van der Waals surface area contributed by atoms with Gasteiger partial charge >= 0.3 is 0 Å². The van der Waals surface area contributed by atoms with Crippen molar-refractivity contribution >= 4 is 65.6 Å². The Hall–Kier alpha value is -9.39. The molecular formula is C63H39N5O. The second-order valence-electron chi connectivity index (χ2n) is 17.6. The molecule has 0 saturated heterocycles. The molecule has 10 aromatic carbocycles. The van der Waals surface area contributed by atoms with Crippen LogP contribution in [0.5, 0.6) is 0 Å². The average Bonchev–Trinajstić information content (AvgIpc) is 4.10. The lowest BCUT2D eigenvalue weighted by atomic mass is 10.0. The molecule has 0 amide bonds. The molecule has 0 unspecified atom stereocenters. The van der Waals surface area contributed by atoms with Crippen LogP contribution in [0, 0.1) is 0 Å². The molecule has 6 heteroatoms. The van der Waals surface area contributed by atoms with Gasteiger partial charge in [0.15, 0.2) is 22.8 Å². The van der Waals surface area contributed by atoms with Crippen molar-refractivity contribution in [3.8, 4) is 67.8 Å². The Kier molecular flexibility index (Phi) is 8.79. The number of fused-ring (bicyclic) bond motifs is 11. The molecule has 4 aromatic heterocycles. The molecule has 0 N–H and O–H groups in total. The maximum absolute atomic E-state index is 7.41. The largest absolute Gasteiger partial charge is 0.452 e. The molecular weight excluding hydrogens is 843 g/mol. The number of hydrogen-bond acceptors (Lipinski definition) is 4. The van der Waals surface area contributed by atoms with Gasteiger partial charge in [-0.2, -0.15) is 9.97 Å². The predicted octanol–water partition coefficient (Wildman–Crippen LogP) is 16.3. The van der Waals surface area contributed by atoms with Gasteiger partial charge in [0.1, 0.15) is 5.52 Å². The van der Waals surface area contributed by atoms with Crippen molar-refractivity contribution in [2.24, 2.45) is 0 Å². The topological polar surface area (TPSA) is 61.7 Å². The van der Waals surface area contributed by atoms with Crippen LogP contribution in [0.2, 0.25) is 0 Å². The fourth-order valence-electron chi connectivity index (χ4n) is 10.4. The third kappa shape index (κ3) is 6.30. The molecule has 14 aromatic rings. The van der Waals surface area contributed by atoms with Crippen molar-refractivity contribution in [2.75, 3.05) is 0 Å². The highest BCUT2D eigenvalue weighted by molar-refractivity contribution is 6.26. The molecule has 0 aliphatic rings.